The number of phosphoric acid groups is 1. The number of fused-ring (bicyclic) bond motifs is 5. The third kappa shape index (κ3) is 5.24. The van der Waals surface area contributed by atoms with Gasteiger partial charge in [-0.3, -0.25) is 4.52 Å². The quantitative estimate of drug-likeness (QED) is 0.374. The minimum atomic E-state index is -4.50. The summed E-state index contributed by atoms with van der Waals surface area (Å²) in [5, 5.41) is 0. The van der Waals surface area contributed by atoms with Crippen LogP contribution in [0, 0.1) is 17.3 Å². The summed E-state index contributed by atoms with van der Waals surface area (Å²) >= 11 is 11.6. The molecule has 7 nitrogen and oxygen atoms in total. The molecule has 2 saturated carbocycles. The molecular weight excluding hydrogens is 488 g/mol. The van der Waals surface area contributed by atoms with E-state index >= 15 is 0 Å². The number of aryl methyl sites for hydroxylation is 1. The molecule has 1 aromatic rings. The number of carbonyl (C=O) groups is 1. The highest BCUT2D eigenvalue weighted by Gasteiger charge is 2.56. The lowest BCUT2D eigenvalue weighted by atomic mass is 9.55. The first-order valence-corrected chi connectivity index (χ1v) is 14.2. The average Bonchev–Trinajstić information content (AvgIpc) is 3.08. The minimum Gasteiger partial charge on any atom is -0.410 e. The van der Waals surface area contributed by atoms with Crippen molar-refractivity contribution >= 4 is 37.1 Å². The topological polar surface area (TPSA) is 96.3 Å². The van der Waals surface area contributed by atoms with Gasteiger partial charge in [0.05, 0.1) is 6.10 Å². The molecule has 0 aliphatic heterocycles. The van der Waals surface area contributed by atoms with Crippen molar-refractivity contribution in [3.05, 3.63) is 29.3 Å². The van der Waals surface area contributed by atoms with Crippen LogP contribution in [0.3, 0.4) is 0 Å². The fraction of sp³-hybridized carbons (Fsp3) is 0.696. The maximum absolute atomic E-state index is 12.5. The number of alkyl halides is 2. The summed E-state index contributed by atoms with van der Waals surface area (Å²) in [4.78, 5) is 32.7. The first-order valence-electron chi connectivity index (χ1n) is 11.6. The summed E-state index contributed by atoms with van der Waals surface area (Å²) in [5.74, 6) is 2.44. The fourth-order valence-corrected chi connectivity index (χ4v) is 7.66. The molecule has 0 spiro atoms. The van der Waals surface area contributed by atoms with Crippen LogP contribution in [0.1, 0.15) is 56.1 Å². The van der Waals surface area contributed by atoms with Crippen LogP contribution in [0.15, 0.2) is 18.2 Å². The van der Waals surface area contributed by atoms with Gasteiger partial charge in [-0.2, -0.15) is 0 Å². The Labute approximate surface area is 205 Å². The van der Waals surface area contributed by atoms with Gasteiger partial charge in [-0.25, -0.2) is 9.36 Å². The van der Waals surface area contributed by atoms with E-state index in [9.17, 15) is 19.1 Å². The average molecular weight is 520 g/mol. The number of halogens is 2. The Morgan fingerprint density at radius 1 is 1.18 bits per heavy atom. The van der Waals surface area contributed by atoms with Crippen molar-refractivity contribution in [2.24, 2.45) is 17.3 Å². The van der Waals surface area contributed by atoms with E-state index in [-0.39, 0.29) is 5.41 Å². The van der Waals surface area contributed by atoms with Crippen molar-refractivity contribution in [3.8, 4) is 5.75 Å². The fourth-order valence-electron chi connectivity index (χ4n) is 6.58. The number of hydrogen-bond donors (Lipinski definition) is 2. The van der Waals surface area contributed by atoms with Gasteiger partial charge in [-0.15, -0.1) is 23.2 Å². The largest absolute Gasteiger partial charge is 0.469 e. The van der Waals surface area contributed by atoms with Gasteiger partial charge >= 0.3 is 13.9 Å². The van der Waals surface area contributed by atoms with Gasteiger partial charge in [-0.05, 0) is 85.0 Å². The normalized spacial score (nSPS) is 30.8. The molecule has 10 heteroatoms. The zero-order chi connectivity index (χ0) is 23.8. The van der Waals surface area contributed by atoms with E-state index in [4.69, 9.17) is 32.5 Å². The Hall–Kier alpha value is -0.820. The van der Waals surface area contributed by atoms with Gasteiger partial charge in [0, 0.05) is 24.8 Å². The molecule has 0 radical (unpaired) electrons. The van der Waals surface area contributed by atoms with Gasteiger partial charge in [0.25, 0.3) is 0 Å². The summed E-state index contributed by atoms with van der Waals surface area (Å²) in [6.07, 6.45) is 4.55. The van der Waals surface area contributed by atoms with Crippen LogP contribution in [-0.2, 0) is 15.5 Å². The van der Waals surface area contributed by atoms with Crippen LogP contribution in [0.4, 0.5) is 4.79 Å². The molecule has 5 atom stereocenters. The molecule has 1 unspecified atom stereocenters. The molecule has 0 aromatic heterocycles. The van der Waals surface area contributed by atoms with Gasteiger partial charge < -0.3 is 19.4 Å². The molecule has 2 fully saturated rings. The Morgan fingerprint density at radius 2 is 1.91 bits per heavy atom. The summed E-state index contributed by atoms with van der Waals surface area (Å²) < 4.78 is 22.3. The van der Waals surface area contributed by atoms with Gasteiger partial charge in [-0.1, -0.05) is 13.0 Å². The van der Waals surface area contributed by atoms with E-state index in [1.54, 1.807) is 0 Å². The van der Waals surface area contributed by atoms with Gasteiger partial charge in [0.2, 0.25) is 0 Å². The van der Waals surface area contributed by atoms with Crippen molar-refractivity contribution in [1.29, 1.82) is 0 Å². The second-order valence-corrected chi connectivity index (χ2v) is 11.7. The number of ether oxygens (including phenoxy) is 1. The van der Waals surface area contributed by atoms with Crippen molar-refractivity contribution in [2.75, 3.05) is 24.8 Å². The maximum atomic E-state index is 12.5. The molecule has 1 amide bonds. The van der Waals surface area contributed by atoms with Crippen LogP contribution < -0.4 is 4.74 Å². The first kappa shape index (κ1) is 25.3. The molecule has 2 N–H and O–H groups in total. The highest BCUT2D eigenvalue weighted by Crippen LogP contribution is 2.63. The van der Waals surface area contributed by atoms with Crippen LogP contribution in [0.2, 0.25) is 0 Å². The highest BCUT2D eigenvalue weighted by molar-refractivity contribution is 7.46. The van der Waals surface area contributed by atoms with Crippen LogP contribution in [0.5, 0.6) is 5.75 Å². The Balaban J connectivity index is 1.48. The molecule has 4 rings (SSSR count). The summed E-state index contributed by atoms with van der Waals surface area (Å²) in [6, 6.07) is 5.93. The molecule has 0 saturated heterocycles. The molecule has 1 aromatic carbocycles. The van der Waals surface area contributed by atoms with E-state index < -0.39 is 20.0 Å². The molecule has 3 aliphatic carbocycles. The monoisotopic (exact) mass is 519 g/mol. The van der Waals surface area contributed by atoms with Crippen LogP contribution in [0.25, 0.3) is 0 Å². The summed E-state index contributed by atoms with van der Waals surface area (Å²) in [5.41, 5.74) is 2.32. The number of hydrogen-bond acceptors (Lipinski definition) is 4. The summed E-state index contributed by atoms with van der Waals surface area (Å²) in [6.45, 7) is 2.91. The Kier molecular flexibility index (Phi) is 7.69. The Bertz CT molecular complexity index is 920. The zero-order valence-electron chi connectivity index (χ0n) is 18.8. The third-order valence-electron chi connectivity index (χ3n) is 8.05. The van der Waals surface area contributed by atoms with E-state index in [1.165, 1.54) is 16.0 Å². The number of amides is 1. The van der Waals surface area contributed by atoms with E-state index in [0.29, 0.717) is 54.8 Å². The third-order valence-corrected chi connectivity index (χ3v) is 8.91. The van der Waals surface area contributed by atoms with Crippen molar-refractivity contribution < 1.29 is 28.4 Å². The predicted octanol–water partition coefficient (Wildman–Crippen LogP) is 5.30. The van der Waals surface area contributed by atoms with Crippen molar-refractivity contribution in [3.63, 3.8) is 0 Å². The smallest absolute Gasteiger partial charge is 0.410 e. The highest BCUT2D eigenvalue weighted by atomic mass is 35.5. The number of nitrogens with zero attached hydrogens (tertiary/aromatic N) is 1. The molecule has 3 aliphatic rings. The molecular formula is C23H32Cl2NO6P. The Morgan fingerprint density at radius 3 is 2.58 bits per heavy atom. The van der Waals surface area contributed by atoms with Crippen molar-refractivity contribution in [2.45, 2.75) is 57.5 Å². The number of rotatable bonds is 7. The second kappa shape index (κ2) is 10.0. The van der Waals surface area contributed by atoms with Gasteiger partial charge in [0.1, 0.15) is 5.75 Å². The SMILES string of the molecule is C[C@]12CC[C@@H]3c4ccc(OC(=O)N(CCCl)CCCl)cc4CC[C@H]3[C@@H]1CCC2OP(=O)(O)O. The molecule has 184 valence electrons. The van der Waals surface area contributed by atoms with Gasteiger partial charge in [0.15, 0.2) is 0 Å². The van der Waals surface area contributed by atoms with Crippen LogP contribution >= 0.6 is 31.0 Å². The van der Waals surface area contributed by atoms with E-state index in [1.807, 2.05) is 12.1 Å². The standard InChI is InChI=1S/C23H32Cl2NO6P/c1-23-9-8-18-17-5-3-16(31-22(27)26(12-10-24)13-11-25)14-15(17)2-4-19(18)20(23)6-7-21(23)32-33(28,29)30/h3,5,14,18-21H,2,4,6-13H2,1H3,(H2,28,29,30)/t18-,19-,20+,21?,23+/m1/s1. The first-order chi connectivity index (χ1) is 15.7. The maximum Gasteiger partial charge on any atom is 0.469 e. The van der Waals surface area contributed by atoms with E-state index in [0.717, 1.165) is 32.1 Å². The van der Waals surface area contributed by atoms with E-state index in [2.05, 4.69) is 13.0 Å². The molecule has 33 heavy (non-hydrogen) atoms. The lowest BCUT2D eigenvalue weighted by Crippen LogP contribution is -2.44. The lowest BCUT2D eigenvalue weighted by Gasteiger charge is -2.50. The lowest BCUT2D eigenvalue weighted by molar-refractivity contribution is -0.0217. The molecule has 0 bridgehead atoms. The van der Waals surface area contributed by atoms with Crippen molar-refractivity contribution in [1.82, 2.24) is 4.90 Å². The van der Waals surface area contributed by atoms with Crippen LogP contribution in [-0.4, -0.2) is 51.7 Å². The number of benzene rings is 1. The predicted molar refractivity (Wildman–Crippen MR) is 127 cm³/mol. The zero-order valence-corrected chi connectivity index (χ0v) is 21.2. The second-order valence-electron chi connectivity index (χ2n) is 9.72. The minimum absolute atomic E-state index is 0.205. The summed E-state index contributed by atoms with van der Waals surface area (Å²) in [7, 11) is -4.50. The number of phosphoric ester groups is 1. The molecule has 0 heterocycles. The number of carbonyl (C=O) groups excluding carboxylic acids is 1.